The standard InChI is InChI=1S/C31H32N4O7S3/c1-23-13-18-29(24(2)21-23)33-43(37,38)26-16-14-25(15-17-26)32-31(36)30-22-34(44(39,40)27-9-5-3-6-10-27)19-20-35(30)45(41,42)28-11-7-4-8-12-28/h3-18,21,30,33H,19-20,22H2,1-2H3,(H,32,36). The average Bonchev–Trinajstić information content (AvgIpc) is 3.03. The molecule has 0 bridgehead atoms. The predicted molar refractivity (Wildman–Crippen MR) is 171 cm³/mol. The van der Waals surface area contributed by atoms with E-state index < -0.39 is 48.6 Å². The van der Waals surface area contributed by atoms with Gasteiger partial charge in [-0.15, -0.1) is 0 Å². The lowest BCUT2D eigenvalue weighted by atomic mass is 10.1. The van der Waals surface area contributed by atoms with Crippen LogP contribution in [0.1, 0.15) is 11.1 Å². The number of sulfonamides is 3. The fourth-order valence-electron chi connectivity index (χ4n) is 5.01. The third kappa shape index (κ3) is 6.94. The van der Waals surface area contributed by atoms with E-state index in [1.54, 1.807) is 55.5 Å². The molecule has 0 radical (unpaired) electrons. The van der Waals surface area contributed by atoms with Crippen LogP contribution in [0.3, 0.4) is 0 Å². The number of carbonyl (C=O) groups excluding carboxylic acids is 1. The molecule has 45 heavy (non-hydrogen) atoms. The fraction of sp³-hybridized carbons (Fsp3) is 0.194. The second-order valence-corrected chi connectivity index (χ2v) is 16.1. The fourth-order valence-corrected chi connectivity index (χ4v) is 9.19. The summed E-state index contributed by atoms with van der Waals surface area (Å²) in [6.45, 7) is 2.85. The topological polar surface area (TPSA) is 150 Å². The Morgan fingerprint density at radius 2 is 1.27 bits per heavy atom. The normalized spacial score (nSPS) is 16.6. The minimum absolute atomic E-state index is 0.0229. The van der Waals surface area contributed by atoms with E-state index in [4.69, 9.17) is 0 Å². The first kappa shape index (κ1) is 32.3. The van der Waals surface area contributed by atoms with Crippen molar-refractivity contribution >= 4 is 47.4 Å². The summed E-state index contributed by atoms with van der Waals surface area (Å²) in [5, 5.41) is 2.64. The van der Waals surface area contributed by atoms with Crippen LogP contribution in [0.2, 0.25) is 0 Å². The second-order valence-electron chi connectivity index (χ2n) is 10.6. The largest absolute Gasteiger partial charge is 0.325 e. The maximum absolute atomic E-state index is 13.7. The maximum atomic E-state index is 13.7. The number of nitrogens with one attached hydrogen (secondary N) is 2. The first-order valence-corrected chi connectivity index (χ1v) is 18.3. The monoisotopic (exact) mass is 668 g/mol. The summed E-state index contributed by atoms with van der Waals surface area (Å²) in [5.41, 5.74) is 2.38. The van der Waals surface area contributed by atoms with E-state index in [-0.39, 0.29) is 33.5 Å². The van der Waals surface area contributed by atoms with Crippen molar-refractivity contribution in [2.75, 3.05) is 29.7 Å². The van der Waals surface area contributed by atoms with Gasteiger partial charge >= 0.3 is 0 Å². The summed E-state index contributed by atoms with van der Waals surface area (Å²) in [6, 6.07) is 24.6. The smallest absolute Gasteiger partial charge is 0.261 e. The molecule has 1 heterocycles. The van der Waals surface area contributed by atoms with E-state index in [0.29, 0.717) is 5.69 Å². The lowest BCUT2D eigenvalue weighted by Crippen LogP contribution is -2.60. The summed E-state index contributed by atoms with van der Waals surface area (Å²) < 4.78 is 84.8. The minimum atomic E-state index is -4.18. The first-order valence-electron chi connectivity index (χ1n) is 13.9. The molecule has 11 nitrogen and oxygen atoms in total. The van der Waals surface area contributed by atoms with Crippen LogP contribution in [-0.2, 0) is 34.9 Å². The molecule has 0 aromatic heterocycles. The molecule has 0 aliphatic carbocycles. The molecule has 1 unspecified atom stereocenters. The van der Waals surface area contributed by atoms with Gasteiger partial charge in [0.1, 0.15) is 6.04 Å². The van der Waals surface area contributed by atoms with Crippen LogP contribution in [-0.4, -0.2) is 65.4 Å². The highest BCUT2D eigenvalue weighted by molar-refractivity contribution is 7.92. The molecule has 14 heteroatoms. The van der Waals surface area contributed by atoms with Gasteiger partial charge in [-0.3, -0.25) is 9.52 Å². The predicted octanol–water partition coefficient (Wildman–Crippen LogP) is 3.81. The van der Waals surface area contributed by atoms with Crippen molar-refractivity contribution in [2.45, 2.75) is 34.6 Å². The zero-order valence-electron chi connectivity index (χ0n) is 24.5. The molecule has 4 aromatic rings. The highest BCUT2D eigenvalue weighted by Gasteiger charge is 2.43. The van der Waals surface area contributed by atoms with Gasteiger partial charge in [-0.2, -0.15) is 8.61 Å². The molecule has 4 aromatic carbocycles. The van der Waals surface area contributed by atoms with Crippen molar-refractivity contribution in [2.24, 2.45) is 0 Å². The minimum Gasteiger partial charge on any atom is -0.325 e. The second kappa shape index (κ2) is 12.7. The third-order valence-electron chi connectivity index (χ3n) is 7.39. The number of nitrogens with zero attached hydrogens (tertiary/aromatic N) is 2. The highest BCUT2D eigenvalue weighted by Crippen LogP contribution is 2.27. The van der Waals surface area contributed by atoms with Gasteiger partial charge in [-0.1, -0.05) is 54.1 Å². The van der Waals surface area contributed by atoms with Gasteiger partial charge in [-0.25, -0.2) is 25.3 Å². The van der Waals surface area contributed by atoms with Gasteiger partial charge in [0.25, 0.3) is 10.0 Å². The quantitative estimate of drug-likeness (QED) is 0.276. The zero-order chi connectivity index (χ0) is 32.4. The molecule has 1 aliphatic rings. The van der Waals surface area contributed by atoms with Gasteiger partial charge in [0, 0.05) is 25.3 Å². The number of carbonyl (C=O) groups is 1. The first-order chi connectivity index (χ1) is 21.3. The SMILES string of the molecule is Cc1ccc(NS(=O)(=O)c2ccc(NC(=O)C3CN(S(=O)(=O)c4ccccc4)CCN3S(=O)(=O)c3ccccc3)cc2)c(C)c1. The van der Waals surface area contributed by atoms with E-state index in [2.05, 4.69) is 10.0 Å². The Morgan fingerprint density at radius 1 is 0.689 bits per heavy atom. The molecule has 2 N–H and O–H groups in total. The summed E-state index contributed by atoms with van der Waals surface area (Å²) >= 11 is 0. The van der Waals surface area contributed by atoms with Gasteiger partial charge in [-0.05, 0) is 74.0 Å². The number of hydrogen-bond donors (Lipinski definition) is 2. The Hall–Kier alpha value is -4.08. The number of hydrogen-bond acceptors (Lipinski definition) is 7. The summed E-state index contributed by atoms with van der Waals surface area (Å²) in [4.78, 5) is 13.6. The Balaban J connectivity index is 1.40. The van der Waals surface area contributed by atoms with E-state index in [9.17, 15) is 30.0 Å². The Kier molecular flexibility index (Phi) is 9.14. The molecular weight excluding hydrogens is 637 g/mol. The van der Waals surface area contributed by atoms with Crippen LogP contribution in [0.5, 0.6) is 0 Å². The molecule has 1 amide bonds. The third-order valence-corrected chi connectivity index (χ3v) is 12.6. The van der Waals surface area contributed by atoms with Crippen LogP contribution < -0.4 is 10.0 Å². The number of benzene rings is 4. The van der Waals surface area contributed by atoms with E-state index >= 15 is 0 Å². The molecule has 0 saturated carbocycles. The average molecular weight is 669 g/mol. The maximum Gasteiger partial charge on any atom is 0.261 e. The summed E-state index contributed by atoms with van der Waals surface area (Å²) in [5.74, 6) is -0.772. The van der Waals surface area contributed by atoms with Gasteiger partial charge in [0.2, 0.25) is 26.0 Å². The van der Waals surface area contributed by atoms with Gasteiger partial charge in [0.05, 0.1) is 20.4 Å². The van der Waals surface area contributed by atoms with Crippen LogP contribution in [0.15, 0.2) is 118 Å². The zero-order valence-corrected chi connectivity index (χ0v) is 26.9. The van der Waals surface area contributed by atoms with E-state index in [1.807, 2.05) is 13.0 Å². The van der Waals surface area contributed by atoms with Crippen molar-refractivity contribution < 1.29 is 30.0 Å². The molecule has 1 atom stereocenters. The van der Waals surface area contributed by atoms with Gasteiger partial charge < -0.3 is 5.32 Å². The van der Waals surface area contributed by atoms with E-state index in [1.165, 1.54) is 48.5 Å². The molecule has 1 fully saturated rings. The lowest BCUT2D eigenvalue weighted by molar-refractivity contribution is -0.120. The Bertz CT molecular complexity index is 2020. The van der Waals surface area contributed by atoms with Crippen molar-refractivity contribution in [1.29, 1.82) is 0 Å². The van der Waals surface area contributed by atoms with Crippen LogP contribution in [0.4, 0.5) is 11.4 Å². The molecule has 1 aliphatic heterocycles. The van der Waals surface area contributed by atoms with Gasteiger partial charge in [0.15, 0.2) is 0 Å². The Labute approximate surface area is 263 Å². The van der Waals surface area contributed by atoms with Crippen molar-refractivity contribution in [3.05, 3.63) is 114 Å². The number of rotatable bonds is 9. The van der Waals surface area contributed by atoms with Crippen molar-refractivity contribution in [3.8, 4) is 0 Å². The molecule has 5 rings (SSSR count). The molecule has 236 valence electrons. The molecule has 0 spiro atoms. The van der Waals surface area contributed by atoms with Crippen LogP contribution >= 0.6 is 0 Å². The number of piperazine rings is 1. The van der Waals surface area contributed by atoms with Crippen LogP contribution in [0, 0.1) is 13.8 Å². The molecular formula is C31H32N4O7S3. The Morgan fingerprint density at radius 3 is 1.84 bits per heavy atom. The van der Waals surface area contributed by atoms with Crippen molar-refractivity contribution in [1.82, 2.24) is 8.61 Å². The van der Waals surface area contributed by atoms with E-state index in [0.717, 1.165) is 19.7 Å². The lowest BCUT2D eigenvalue weighted by Gasteiger charge is -2.38. The number of anilines is 2. The number of amides is 1. The number of aryl methyl sites for hydroxylation is 2. The van der Waals surface area contributed by atoms with Crippen molar-refractivity contribution in [3.63, 3.8) is 0 Å². The highest BCUT2D eigenvalue weighted by atomic mass is 32.2. The molecule has 1 saturated heterocycles. The van der Waals surface area contributed by atoms with Crippen LogP contribution in [0.25, 0.3) is 0 Å². The summed E-state index contributed by atoms with van der Waals surface area (Å²) in [7, 11) is -12.2. The summed E-state index contributed by atoms with van der Waals surface area (Å²) in [6.07, 6.45) is 0.